The Labute approximate surface area is 102 Å². The van der Waals surface area contributed by atoms with E-state index in [0.717, 1.165) is 15.2 Å². The summed E-state index contributed by atoms with van der Waals surface area (Å²) in [4.78, 5) is 0. The predicted molar refractivity (Wildman–Crippen MR) is 68.3 cm³/mol. The van der Waals surface area contributed by atoms with Crippen molar-refractivity contribution >= 4 is 56.4 Å². The predicted octanol–water partition coefficient (Wildman–Crippen LogP) is 4.26. The quantitative estimate of drug-likeness (QED) is 0.722. The molecule has 0 saturated heterocycles. The highest BCUT2D eigenvalue weighted by Crippen LogP contribution is 2.34. The van der Waals surface area contributed by atoms with Gasteiger partial charge in [-0.15, -0.1) is 12.4 Å². The van der Waals surface area contributed by atoms with Crippen LogP contribution in [0.15, 0.2) is 34.8 Å². The Bertz CT molecular complexity index is 471. The van der Waals surface area contributed by atoms with Crippen LogP contribution in [-0.2, 0) is 0 Å². The summed E-state index contributed by atoms with van der Waals surface area (Å²) in [5, 5.41) is 2.76. The molecule has 0 amide bonds. The second-order valence-electron chi connectivity index (χ2n) is 2.81. The van der Waals surface area contributed by atoms with Gasteiger partial charge in [-0.05, 0) is 27.4 Å². The molecule has 2 rings (SSSR count). The van der Waals surface area contributed by atoms with Crippen molar-refractivity contribution < 1.29 is 0 Å². The van der Waals surface area contributed by atoms with Crippen LogP contribution >= 0.6 is 39.9 Å². The standard InChI is InChI=1S/C10H7BrClN.ClH/c11-10-7-4-2-1-3-6(7)8(12)5-9(10)13;/h1-5H,13H2;1H. The summed E-state index contributed by atoms with van der Waals surface area (Å²) in [6.07, 6.45) is 0. The summed E-state index contributed by atoms with van der Waals surface area (Å²) >= 11 is 9.46. The number of hydrogen-bond acceptors (Lipinski definition) is 1. The minimum absolute atomic E-state index is 0. The first-order valence-electron chi connectivity index (χ1n) is 3.82. The fourth-order valence-electron chi connectivity index (χ4n) is 1.32. The van der Waals surface area contributed by atoms with Crippen LogP contribution in [0.5, 0.6) is 0 Å². The number of anilines is 1. The monoisotopic (exact) mass is 291 g/mol. The first-order chi connectivity index (χ1) is 6.20. The molecule has 74 valence electrons. The Morgan fingerprint density at radius 2 is 1.71 bits per heavy atom. The third-order valence-electron chi connectivity index (χ3n) is 1.96. The lowest BCUT2D eigenvalue weighted by Gasteiger charge is -2.05. The molecular weight excluding hydrogens is 285 g/mol. The van der Waals surface area contributed by atoms with Crippen LogP contribution in [0, 0.1) is 0 Å². The van der Waals surface area contributed by atoms with Gasteiger partial charge in [-0.1, -0.05) is 35.9 Å². The molecule has 0 unspecified atom stereocenters. The first-order valence-corrected chi connectivity index (χ1v) is 4.99. The second-order valence-corrected chi connectivity index (χ2v) is 4.01. The van der Waals surface area contributed by atoms with Gasteiger partial charge in [0.25, 0.3) is 0 Å². The maximum Gasteiger partial charge on any atom is 0.0505 e. The number of halogens is 3. The van der Waals surface area contributed by atoms with Crippen LogP contribution in [0.2, 0.25) is 5.02 Å². The third-order valence-corrected chi connectivity index (χ3v) is 3.15. The number of benzene rings is 2. The molecule has 0 fully saturated rings. The fourth-order valence-corrected chi connectivity index (χ4v) is 2.06. The SMILES string of the molecule is Cl.Nc1cc(Cl)c2ccccc2c1Br. The molecule has 0 heterocycles. The number of nitrogens with two attached hydrogens (primary N) is 1. The van der Waals surface area contributed by atoms with Crippen molar-refractivity contribution in [1.29, 1.82) is 0 Å². The molecule has 2 N–H and O–H groups in total. The van der Waals surface area contributed by atoms with E-state index in [1.807, 2.05) is 24.3 Å². The van der Waals surface area contributed by atoms with Crippen LogP contribution < -0.4 is 5.73 Å². The summed E-state index contributed by atoms with van der Waals surface area (Å²) < 4.78 is 0.910. The van der Waals surface area contributed by atoms with Crippen molar-refractivity contribution in [2.75, 3.05) is 5.73 Å². The highest BCUT2D eigenvalue weighted by atomic mass is 79.9. The van der Waals surface area contributed by atoms with Crippen molar-refractivity contribution in [3.8, 4) is 0 Å². The Balaban J connectivity index is 0.000000980. The van der Waals surface area contributed by atoms with Gasteiger partial charge >= 0.3 is 0 Å². The molecule has 0 radical (unpaired) electrons. The lowest BCUT2D eigenvalue weighted by molar-refractivity contribution is 1.68. The molecule has 0 spiro atoms. The normalized spacial score (nSPS) is 9.86. The Kier molecular flexibility index (Phi) is 3.65. The number of nitrogen functional groups attached to an aromatic ring is 1. The van der Waals surface area contributed by atoms with E-state index in [9.17, 15) is 0 Å². The molecule has 14 heavy (non-hydrogen) atoms. The van der Waals surface area contributed by atoms with Gasteiger partial charge in [-0.3, -0.25) is 0 Å². The summed E-state index contributed by atoms with van der Waals surface area (Å²) in [6, 6.07) is 9.64. The van der Waals surface area contributed by atoms with Crippen molar-refractivity contribution in [2.24, 2.45) is 0 Å². The van der Waals surface area contributed by atoms with Gasteiger partial charge in [0.1, 0.15) is 0 Å². The molecule has 1 nitrogen and oxygen atoms in total. The summed E-state index contributed by atoms with van der Waals surface area (Å²) in [7, 11) is 0. The maximum absolute atomic E-state index is 6.03. The van der Waals surface area contributed by atoms with Crippen LogP contribution in [0.3, 0.4) is 0 Å². The highest BCUT2D eigenvalue weighted by molar-refractivity contribution is 9.10. The van der Waals surface area contributed by atoms with E-state index in [2.05, 4.69) is 15.9 Å². The number of rotatable bonds is 0. The minimum atomic E-state index is 0. The van der Waals surface area contributed by atoms with E-state index in [1.165, 1.54) is 0 Å². The van der Waals surface area contributed by atoms with E-state index < -0.39 is 0 Å². The second kappa shape index (κ2) is 4.39. The molecule has 0 bridgehead atoms. The minimum Gasteiger partial charge on any atom is -0.398 e. The van der Waals surface area contributed by atoms with E-state index in [4.69, 9.17) is 17.3 Å². The molecule has 0 saturated carbocycles. The van der Waals surface area contributed by atoms with Crippen LogP contribution in [0.25, 0.3) is 10.8 Å². The highest BCUT2D eigenvalue weighted by Gasteiger charge is 2.05. The molecule has 0 aliphatic carbocycles. The average molecular weight is 293 g/mol. The Hall–Kier alpha value is -0.440. The molecular formula is C10H8BrCl2N. The van der Waals surface area contributed by atoms with Crippen LogP contribution in [0.4, 0.5) is 5.69 Å². The smallest absolute Gasteiger partial charge is 0.0505 e. The molecule has 0 atom stereocenters. The van der Waals surface area contributed by atoms with Crippen molar-refractivity contribution in [1.82, 2.24) is 0 Å². The van der Waals surface area contributed by atoms with Gasteiger partial charge in [-0.2, -0.15) is 0 Å². The van der Waals surface area contributed by atoms with Crippen LogP contribution in [0.1, 0.15) is 0 Å². The van der Waals surface area contributed by atoms with Gasteiger partial charge < -0.3 is 5.73 Å². The lowest BCUT2D eigenvalue weighted by atomic mass is 10.1. The molecule has 4 heteroatoms. The molecule has 2 aromatic carbocycles. The zero-order valence-electron chi connectivity index (χ0n) is 7.13. The number of fused-ring (bicyclic) bond motifs is 1. The van der Waals surface area contributed by atoms with Crippen molar-refractivity contribution in [3.05, 3.63) is 39.8 Å². The molecule has 0 aliphatic heterocycles. The Morgan fingerprint density at radius 1 is 1.14 bits per heavy atom. The van der Waals surface area contributed by atoms with Crippen molar-refractivity contribution in [3.63, 3.8) is 0 Å². The average Bonchev–Trinajstić information content (AvgIpc) is 2.15. The summed E-state index contributed by atoms with van der Waals surface area (Å²) in [5.74, 6) is 0. The van der Waals surface area contributed by atoms with Gasteiger partial charge in [0.2, 0.25) is 0 Å². The molecule has 0 aromatic heterocycles. The van der Waals surface area contributed by atoms with Crippen LogP contribution in [-0.4, -0.2) is 0 Å². The summed E-state index contributed by atoms with van der Waals surface area (Å²) in [6.45, 7) is 0. The topological polar surface area (TPSA) is 26.0 Å². The summed E-state index contributed by atoms with van der Waals surface area (Å²) in [5.41, 5.74) is 6.43. The Morgan fingerprint density at radius 3 is 2.36 bits per heavy atom. The maximum atomic E-state index is 6.03. The van der Waals surface area contributed by atoms with Gasteiger partial charge in [-0.25, -0.2) is 0 Å². The third kappa shape index (κ3) is 1.83. The molecule has 0 aliphatic rings. The fraction of sp³-hybridized carbons (Fsp3) is 0. The van der Waals surface area contributed by atoms with E-state index in [-0.39, 0.29) is 12.4 Å². The largest absolute Gasteiger partial charge is 0.398 e. The van der Waals surface area contributed by atoms with Crippen molar-refractivity contribution in [2.45, 2.75) is 0 Å². The van der Waals surface area contributed by atoms with E-state index in [0.29, 0.717) is 10.7 Å². The zero-order valence-corrected chi connectivity index (χ0v) is 10.3. The number of hydrogen-bond donors (Lipinski definition) is 1. The van der Waals surface area contributed by atoms with Gasteiger partial charge in [0.15, 0.2) is 0 Å². The lowest BCUT2D eigenvalue weighted by Crippen LogP contribution is -1.87. The molecule has 2 aromatic rings. The van der Waals surface area contributed by atoms with E-state index >= 15 is 0 Å². The van der Waals surface area contributed by atoms with E-state index in [1.54, 1.807) is 6.07 Å². The van der Waals surface area contributed by atoms with Gasteiger partial charge in [0, 0.05) is 15.5 Å². The zero-order chi connectivity index (χ0) is 9.42. The van der Waals surface area contributed by atoms with Gasteiger partial charge in [0.05, 0.1) is 5.02 Å². The first kappa shape index (κ1) is 11.6.